The molecule has 3 atom stereocenters. The van der Waals surface area contributed by atoms with E-state index in [1.807, 2.05) is 24.3 Å². The van der Waals surface area contributed by atoms with Crippen LogP contribution in [0, 0.1) is 0 Å². The number of carboxylic acid groups (broad SMARTS) is 2. The van der Waals surface area contributed by atoms with Crippen LogP contribution in [0.1, 0.15) is 18.4 Å². The van der Waals surface area contributed by atoms with Gasteiger partial charge >= 0.3 is 11.9 Å². The molecule has 11 heteroatoms. The second-order valence-electron chi connectivity index (χ2n) is 6.75. The minimum atomic E-state index is -1.28. The first-order chi connectivity index (χ1) is 14.2. The van der Waals surface area contributed by atoms with Crippen molar-refractivity contribution >= 4 is 47.3 Å². The molecule has 3 unspecified atom stereocenters. The molecule has 0 aliphatic heterocycles. The molecule has 0 aliphatic carbocycles. The van der Waals surface area contributed by atoms with Gasteiger partial charge in [-0.1, -0.05) is 18.2 Å². The van der Waals surface area contributed by atoms with E-state index in [-0.39, 0.29) is 18.6 Å². The summed E-state index contributed by atoms with van der Waals surface area (Å²) in [7, 11) is 0. The van der Waals surface area contributed by atoms with Gasteiger partial charge in [0.2, 0.25) is 11.8 Å². The Labute approximate surface area is 177 Å². The maximum atomic E-state index is 12.7. The molecule has 162 valence electrons. The molecule has 10 nitrogen and oxygen atoms in total. The molecule has 0 fully saturated rings. The van der Waals surface area contributed by atoms with Gasteiger partial charge in [-0.05, 0) is 18.1 Å². The van der Waals surface area contributed by atoms with Gasteiger partial charge in [0, 0.05) is 35.7 Å². The second-order valence-corrected chi connectivity index (χ2v) is 7.11. The lowest BCUT2D eigenvalue weighted by Crippen LogP contribution is -2.55. The summed E-state index contributed by atoms with van der Waals surface area (Å²) in [4.78, 5) is 50.3. The van der Waals surface area contributed by atoms with Gasteiger partial charge in [0.25, 0.3) is 0 Å². The van der Waals surface area contributed by atoms with E-state index in [0.29, 0.717) is 5.56 Å². The van der Waals surface area contributed by atoms with Crippen molar-refractivity contribution in [1.82, 2.24) is 15.6 Å². The van der Waals surface area contributed by atoms with E-state index >= 15 is 0 Å². The minimum Gasteiger partial charge on any atom is -0.481 e. The molecule has 0 spiro atoms. The Bertz CT molecular complexity index is 931. The quantitative estimate of drug-likeness (QED) is 0.240. The van der Waals surface area contributed by atoms with Crippen molar-refractivity contribution < 1.29 is 29.4 Å². The predicted octanol–water partition coefficient (Wildman–Crippen LogP) is -0.113. The van der Waals surface area contributed by atoms with E-state index in [9.17, 15) is 24.3 Å². The lowest BCUT2D eigenvalue weighted by Gasteiger charge is -2.22. The number of aliphatic carboxylic acids is 2. The molecule has 0 aliphatic rings. The molecule has 2 aromatic rings. The molecule has 0 bridgehead atoms. The van der Waals surface area contributed by atoms with Crippen LogP contribution in [-0.2, 0) is 25.6 Å². The topological polar surface area (TPSA) is 175 Å². The zero-order valence-electron chi connectivity index (χ0n) is 16.0. The zero-order chi connectivity index (χ0) is 22.3. The van der Waals surface area contributed by atoms with Crippen molar-refractivity contribution in [2.24, 2.45) is 5.73 Å². The SMILES string of the molecule is NC(CS)C(=O)NC(CCC(=O)O)C(=O)NC(Cc1c[nH]c2ccccc12)C(=O)O. The van der Waals surface area contributed by atoms with Crippen molar-refractivity contribution in [1.29, 1.82) is 0 Å². The zero-order valence-corrected chi connectivity index (χ0v) is 16.9. The van der Waals surface area contributed by atoms with E-state index in [0.717, 1.165) is 10.9 Å². The minimum absolute atomic E-state index is 0.000831. The summed E-state index contributed by atoms with van der Waals surface area (Å²) in [5, 5.41) is 24.0. The van der Waals surface area contributed by atoms with Crippen molar-refractivity contribution in [3.05, 3.63) is 36.0 Å². The summed E-state index contributed by atoms with van der Waals surface area (Å²) in [5.41, 5.74) is 7.10. The first-order valence-corrected chi connectivity index (χ1v) is 9.83. The van der Waals surface area contributed by atoms with E-state index in [2.05, 4.69) is 28.2 Å². The fraction of sp³-hybridized carbons (Fsp3) is 0.368. The first-order valence-electron chi connectivity index (χ1n) is 9.19. The van der Waals surface area contributed by atoms with Crippen LogP contribution < -0.4 is 16.4 Å². The average molecular weight is 436 g/mol. The highest BCUT2D eigenvalue weighted by Gasteiger charge is 2.28. The van der Waals surface area contributed by atoms with Crippen LogP contribution in [-0.4, -0.2) is 62.8 Å². The summed E-state index contributed by atoms with van der Waals surface area (Å²) in [6, 6.07) is 3.81. The molecule has 2 amide bonds. The summed E-state index contributed by atoms with van der Waals surface area (Å²) in [6.07, 6.45) is 1.06. The molecular weight excluding hydrogens is 412 g/mol. The summed E-state index contributed by atoms with van der Waals surface area (Å²) < 4.78 is 0. The average Bonchev–Trinajstić information content (AvgIpc) is 3.12. The number of rotatable bonds is 11. The van der Waals surface area contributed by atoms with Crippen LogP contribution in [0.15, 0.2) is 30.5 Å². The number of para-hydroxylation sites is 1. The second kappa shape index (κ2) is 10.6. The molecular formula is C19H24N4O6S. The molecule has 1 aromatic heterocycles. The number of benzene rings is 1. The van der Waals surface area contributed by atoms with Crippen LogP contribution in [0.4, 0.5) is 0 Å². The number of aromatic nitrogens is 1. The highest BCUT2D eigenvalue weighted by atomic mass is 32.1. The Balaban J connectivity index is 2.14. The number of H-pyrrole nitrogens is 1. The van der Waals surface area contributed by atoms with Crippen molar-refractivity contribution in [3.63, 3.8) is 0 Å². The number of fused-ring (bicyclic) bond motifs is 1. The van der Waals surface area contributed by atoms with Gasteiger partial charge in [0.1, 0.15) is 12.1 Å². The number of carbonyl (C=O) groups is 4. The maximum absolute atomic E-state index is 12.7. The summed E-state index contributed by atoms with van der Waals surface area (Å²) >= 11 is 3.91. The monoisotopic (exact) mass is 436 g/mol. The van der Waals surface area contributed by atoms with Crippen molar-refractivity contribution in [2.75, 3.05) is 5.75 Å². The van der Waals surface area contributed by atoms with Crippen LogP contribution in [0.2, 0.25) is 0 Å². The lowest BCUT2D eigenvalue weighted by molar-refractivity contribution is -0.143. The Morgan fingerprint density at radius 1 is 1.07 bits per heavy atom. The molecule has 0 saturated carbocycles. The highest BCUT2D eigenvalue weighted by molar-refractivity contribution is 7.80. The standard InChI is InChI=1S/C19H24N4O6S/c20-12(9-30)17(26)22-14(5-6-16(24)25)18(27)23-15(19(28)29)7-10-8-21-13-4-2-1-3-11(10)13/h1-4,8,12,14-15,21,30H,5-7,9,20H2,(H,22,26)(H,23,27)(H,24,25)(H,28,29). The number of aromatic amines is 1. The normalized spacial score (nSPS) is 13.9. The first kappa shape index (κ1) is 23.2. The van der Waals surface area contributed by atoms with Gasteiger partial charge < -0.3 is 31.6 Å². The number of amides is 2. The fourth-order valence-corrected chi connectivity index (χ4v) is 3.06. The van der Waals surface area contributed by atoms with Crippen molar-refractivity contribution in [3.8, 4) is 0 Å². The van der Waals surface area contributed by atoms with Crippen LogP contribution in [0.5, 0.6) is 0 Å². The Morgan fingerprint density at radius 2 is 1.73 bits per heavy atom. The number of hydrogen-bond donors (Lipinski definition) is 7. The third kappa shape index (κ3) is 6.22. The smallest absolute Gasteiger partial charge is 0.326 e. The third-order valence-electron chi connectivity index (χ3n) is 4.53. The molecule has 1 aromatic carbocycles. The van der Waals surface area contributed by atoms with Gasteiger partial charge in [0.05, 0.1) is 6.04 Å². The number of hydrogen-bond acceptors (Lipinski definition) is 6. The number of carbonyl (C=O) groups excluding carboxylic acids is 2. The maximum Gasteiger partial charge on any atom is 0.326 e. The van der Waals surface area contributed by atoms with Gasteiger partial charge in [-0.25, -0.2) is 4.79 Å². The van der Waals surface area contributed by atoms with Gasteiger partial charge in [-0.15, -0.1) is 0 Å². The number of nitrogens with two attached hydrogens (primary N) is 1. The van der Waals surface area contributed by atoms with Crippen molar-refractivity contribution in [2.45, 2.75) is 37.4 Å². The number of thiol groups is 1. The van der Waals surface area contributed by atoms with Gasteiger partial charge in [-0.3, -0.25) is 14.4 Å². The number of carboxylic acids is 2. The molecule has 0 radical (unpaired) electrons. The molecule has 7 N–H and O–H groups in total. The van der Waals surface area contributed by atoms with Crippen LogP contribution in [0.25, 0.3) is 10.9 Å². The predicted molar refractivity (Wildman–Crippen MR) is 112 cm³/mol. The molecule has 0 saturated heterocycles. The van der Waals surface area contributed by atoms with Gasteiger partial charge in [0.15, 0.2) is 0 Å². The van der Waals surface area contributed by atoms with Crippen LogP contribution >= 0.6 is 12.6 Å². The highest BCUT2D eigenvalue weighted by Crippen LogP contribution is 2.19. The molecule has 1 heterocycles. The Hall–Kier alpha value is -3.05. The molecule has 30 heavy (non-hydrogen) atoms. The van der Waals surface area contributed by atoms with Crippen LogP contribution in [0.3, 0.4) is 0 Å². The fourth-order valence-electron chi connectivity index (χ4n) is 2.89. The van der Waals surface area contributed by atoms with E-state index in [1.165, 1.54) is 0 Å². The van der Waals surface area contributed by atoms with E-state index in [1.54, 1.807) is 6.20 Å². The number of nitrogens with one attached hydrogen (secondary N) is 3. The lowest BCUT2D eigenvalue weighted by atomic mass is 10.0. The largest absolute Gasteiger partial charge is 0.481 e. The van der Waals surface area contributed by atoms with E-state index < -0.39 is 48.3 Å². The van der Waals surface area contributed by atoms with Gasteiger partial charge in [-0.2, -0.15) is 12.6 Å². The summed E-state index contributed by atoms with van der Waals surface area (Å²) in [6.45, 7) is 0. The Kier molecular flexibility index (Phi) is 8.25. The molecule has 2 rings (SSSR count). The Morgan fingerprint density at radius 3 is 2.37 bits per heavy atom. The van der Waals surface area contributed by atoms with E-state index in [4.69, 9.17) is 10.8 Å². The summed E-state index contributed by atoms with van der Waals surface area (Å²) in [5.74, 6) is -3.88. The third-order valence-corrected chi connectivity index (χ3v) is 4.92.